The van der Waals surface area contributed by atoms with Crippen molar-refractivity contribution in [3.05, 3.63) is 18.0 Å². The Morgan fingerprint density at radius 3 is 3.00 bits per heavy atom. The largest absolute Gasteiger partial charge is 0.409 e. The number of nitrogens with zero attached hydrogens (tertiary/aromatic N) is 4. The van der Waals surface area contributed by atoms with Crippen LogP contribution in [0.3, 0.4) is 0 Å². The monoisotopic (exact) mass is 279 g/mol. The van der Waals surface area contributed by atoms with Gasteiger partial charge in [0.25, 0.3) is 0 Å². The minimum Gasteiger partial charge on any atom is -0.409 e. The summed E-state index contributed by atoms with van der Waals surface area (Å²) in [6.07, 6.45) is 6.21. The predicted octanol–water partition coefficient (Wildman–Crippen LogP) is 1.95. The minimum atomic E-state index is 0.292. The van der Waals surface area contributed by atoms with Crippen LogP contribution in [0.2, 0.25) is 0 Å². The van der Waals surface area contributed by atoms with Gasteiger partial charge in [-0.2, -0.15) is 5.10 Å². The number of rotatable bonds is 8. The molecule has 1 atom stereocenters. The van der Waals surface area contributed by atoms with E-state index in [0.29, 0.717) is 24.3 Å². The van der Waals surface area contributed by atoms with Gasteiger partial charge >= 0.3 is 0 Å². The number of amidine groups is 1. The molecule has 1 unspecified atom stereocenters. The lowest BCUT2D eigenvalue weighted by atomic mass is 10.3. The minimum absolute atomic E-state index is 0.292. The van der Waals surface area contributed by atoms with E-state index < -0.39 is 0 Å². The fourth-order valence-corrected chi connectivity index (χ4v) is 2.24. The van der Waals surface area contributed by atoms with Crippen molar-refractivity contribution in [3.63, 3.8) is 0 Å². The van der Waals surface area contributed by atoms with Gasteiger partial charge < -0.3 is 10.9 Å². The lowest BCUT2D eigenvalue weighted by Crippen LogP contribution is -2.30. The quantitative estimate of drug-likeness (QED) is 0.330. The van der Waals surface area contributed by atoms with E-state index in [4.69, 9.17) is 10.9 Å². The van der Waals surface area contributed by atoms with Crippen molar-refractivity contribution >= 4 is 5.84 Å². The van der Waals surface area contributed by atoms with Gasteiger partial charge in [0.05, 0.1) is 5.69 Å². The van der Waals surface area contributed by atoms with Crippen molar-refractivity contribution in [2.45, 2.75) is 58.2 Å². The van der Waals surface area contributed by atoms with Crippen LogP contribution in [-0.4, -0.2) is 38.3 Å². The number of nitrogens with two attached hydrogens (primary N) is 1. The van der Waals surface area contributed by atoms with Gasteiger partial charge in [-0.15, -0.1) is 0 Å². The zero-order valence-corrected chi connectivity index (χ0v) is 12.4. The third-order valence-electron chi connectivity index (χ3n) is 3.92. The zero-order chi connectivity index (χ0) is 14.5. The van der Waals surface area contributed by atoms with Crippen molar-refractivity contribution < 1.29 is 5.21 Å². The summed E-state index contributed by atoms with van der Waals surface area (Å²) in [5.74, 6) is 0.292. The summed E-state index contributed by atoms with van der Waals surface area (Å²) in [4.78, 5) is 2.38. The summed E-state index contributed by atoms with van der Waals surface area (Å²) < 4.78 is 2.03. The lowest BCUT2D eigenvalue weighted by Gasteiger charge is -2.20. The maximum absolute atomic E-state index is 8.61. The molecule has 3 N–H and O–H groups in total. The van der Waals surface area contributed by atoms with E-state index >= 15 is 0 Å². The first-order chi connectivity index (χ1) is 9.63. The van der Waals surface area contributed by atoms with E-state index in [1.165, 1.54) is 12.8 Å². The molecule has 1 aromatic heterocycles. The van der Waals surface area contributed by atoms with Crippen LogP contribution in [0, 0.1) is 0 Å². The summed E-state index contributed by atoms with van der Waals surface area (Å²) in [5, 5.41) is 16.3. The predicted molar refractivity (Wildman–Crippen MR) is 78.7 cm³/mol. The molecule has 0 aliphatic heterocycles. The molecule has 0 amide bonds. The Balaban J connectivity index is 1.92. The Bertz CT molecular complexity index is 452. The van der Waals surface area contributed by atoms with E-state index in [2.05, 4.69) is 41.3 Å². The Morgan fingerprint density at radius 1 is 1.65 bits per heavy atom. The van der Waals surface area contributed by atoms with Gasteiger partial charge in [0.2, 0.25) is 0 Å². The molecule has 1 saturated carbocycles. The van der Waals surface area contributed by atoms with Gasteiger partial charge in [-0.3, -0.25) is 9.58 Å². The Hall–Kier alpha value is -1.56. The van der Waals surface area contributed by atoms with Crippen molar-refractivity contribution in [2.75, 3.05) is 6.54 Å². The Labute approximate surface area is 120 Å². The first kappa shape index (κ1) is 14.8. The van der Waals surface area contributed by atoms with Crippen molar-refractivity contribution in [1.82, 2.24) is 14.7 Å². The molecular formula is C14H25N5O. The zero-order valence-electron chi connectivity index (χ0n) is 12.4. The van der Waals surface area contributed by atoms with Crippen LogP contribution in [0.5, 0.6) is 0 Å². The highest BCUT2D eigenvalue weighted by Gasteiger charge is 2.29. The second-order valence-corrected chi connectivity index (χ2v) is 5.59. The second kappa shape index (κ2) is 6.74. The standard InChI is InChI=1S/C14H25N5O/c1-3-11(2)19-9-6-12(16-19)10-18(13-4-5-13)8-7-14(15)17-20/h6,9,11,13,20H,3-5,7-8,10H2,1-2H3,(H2,15,17). The second-order valence-electron chi connectivity index (χ2n) is 5.59. The van der Waals surface area contributed by atoms with Gasteiger partial charge in [0.15, 0.2) is 0 Å². The number of hydrogen-bond donors (Lipinski definition) is 2. The van der Waals surface area contributed by atoms with E-state index in [1.54, 1.807) is 0 Å². The first-order valence-corrected chi connectivity index (χ1v) is 7.38. The third kappa shape index (κ3) is 3.96. The molecule has 6 nitrogen and oxygen atoms in total. The third-order valence-corrected chi connectivity index (χ3v) is 3.92. The van der Waals surface area contributed by atoms with E-state index in [-0.39, 0.29) is 0 Å². The highest BCUT2D eigenvalue weighted by molar-refractivity contribution is 5.79. The molecule has 20 heavy (non-hydrogen) atoms. The van der Waals surface area contributed by atoms with Crippen molar-refractivity contribution in [1.29, 1.82) is 0 Å². The molecular weight excluding hydrogens is 254 g/mol. The summed E-state index contributed by atoms with van der Waals surface area (Å²) in [7, 11) is 0. The van der Waals surface area contributed by atoms with Gasteiger partial charge in [0.1, 0.15) is 5.84 Å². The molecule has 0 spiro atoms. The molecule has 0 saturated heterocycles. The lowest BCUT2D eigenvalue weighted by molar-refractivity contribution is 0.255. The fourth-order valence-electron chi connectivity index (χ4n) is 2.24. The highest BCUT2D eigenvalue weighted by atomic mass is 16.4. The molecule has 1 aliphatic carbocycles. The van der Waals surface area contributed by atoms with E-state index in [9.17, 15) is 0 Å². The van der Waals surface area contributed by atoms with Crippen LogP contribution >= 0.6 is 0 Å². The topological polar surface area (TPSA) is 79.7 Å². The van der Waals surface area contributed by atoms with Gasteiger partial charge in [-0.05, 0) is 32.3 Å². The molecule has 0 bridgehead atoms. The van der Waals surface area contributed by atoms with Gasteiger partial charge in [-0.25, -0.2) is 0 Å². The molecule has 6 heteroatoms. The van der Waals surface area contributed by atoms with E-state index in [0.717, 1.165) is 25.2 Å². The SMILES string of the molecule is CCC(C)n1ccc(CN(CCC(N)=NO)C2CC2)n1. The summed E-state index contributed by atoms with van der Waals surface area (Å²) >= 11 is 0. The first-order valence-electron chi connectivity index (χ1n) is 7.38. The van der Waals surface area contributed by atoms with Crippen LogP contribution in [0.1, 0.15) is 51.3 Å². The van der Waals surface area contributed by atoms with Crippen molar-refractivity contribution in [3.8, 4) is 0 Å². The molecule has 1 aliphatic rings. The highest BCUT2D eigenvalue weighted by Crippen LogP contribution is 2.28. The molecule has 1 aromatic rings. The maximum Gasteiger partial charge on any atom is 0.140 e. The van der Waals surface area contributed by atoms with Crippen LogP contribution in [0.15, 0.2) is 17.4 Å². The van der Waals surface area contributed by atoms with E-state index in [1.807, 2.05) is 4.68 Å². The normalized spacial score (nSPS) is 17.6. The van der Waals surface area contributed by atoms with Gasteiger partial charge in [0, 0.05) is 37.8 Å². The maximum atomic E-state index is 8.61. The molecule has 2 rings (SSSR count). The molecule has 0 radical (unpaired) electrons. The molecule has 0 aromatic carbocycles. The van der Waals surface area contributed by atoms with Crippen LogP contribution < -0.4 is 5.73 Å². The number of aromatic nitrogens is 2. The molecule has 1 fully saturated rings. The average molecular weight is 279 g/mol. The Morgan fingerprint density at radius 2 is 2.40 bits per heavy atom. The van der Waals surface area contributed by atoms with Crippen LogP contribution in [0.25, 0.3) is 0 Å². The summed E-state index contributed by atoms with van der Waals surface area (Å²) in [5.41, 5.74) is 6.64. The van der Waals surface area contributed by atoms with Crippen molar-refractivity contribution in [2.24, 2.45) is 10.9 Å². The Kier molecular flexibility index (Phi) is 5.00. The van der Waals surface area contributed by atoms with Crippen LogP contribution in [-0.2, 0) is 6.54 Å². The smallest absolute Gasteiger partial charge is 0.140 e. The van der Waals surface area contributed by atoms with Gasteiger partial charge in [-0.1, -0.05) is 12.1 Å². The number of oxime groups is 1. The average Bonchev–Trinajstić information content (AvgIpc) is 3.21. The number of hydrogen-bond acceptors (Lipinski definition) is 4. The molecule has 1 heterocycles. The molecule has 112 valence electrons. The fraction of sp³-hybridized carbons (Fsp3) is 0.714. The summed E-state index contributed by atoms with van der Waals surface area (Å²) in [6, 6.07) is 3.16. The summed E-state index contributed by atoms with van der Waals surface area (Å²) in [6.45, 7) is 6.00. The van der Waals surface area contributed by atoms with Crippen LogP contribution in [0.4, 0.5) is 0 Å².